The number of nitrogens with one attached hydrogen (secondary N) is 1. The average molecular weight is 456 g/mol. The minimum Gasteiger partial charge on any atom is -0.436 e. The number of anilines is 1. The van der Waals surface area contributed by atoms with Crippen molar-refractivity contribution in [2.24, 2.45) is 5.92 Å². The molecule has 2 heterocycles. The Balaban J connectivity index is 1.30. The van der Waals surface area contributed by atoms with Crippen LogP contribution in [0.4, 0.5) is 19.0 Å². The maximum Gasteiger partial charge on any atom is 0.416 e. The fraction of sp³-hybridized carbons (Fsp3) is 0.292. The Labute approximate surface area is 189 Å². The van der Waals surface area contributed by atoms with Crippen molar-refractivity contribution in [1.29, 1.82) is 0 Å². The molecule has 3 aromatic rings. The van der Waals surface area contributed by atoms with Crippen LogP contribution in [0.2, 0.25) is 0 Å². The summed E-state index contributed by atoms with van der Waals surface area (Å²) in [7, 11) is 0. The lowest BCUT2D eigenvalue weighted by Crippen LogP contribution is -2.40. The number of hydrogen-bond acceptors (Lipinski definition) is 5. The van der Waals surface area contributed by atoms with Gasteiger partial charge in [0.15, 0.2) is 5.82 Å². The van der Waals surface area contributed by atoms with Gasteiger partial charge in [-0.15, -0.1) is 0 Å². The van der Waals surface area contributed by atoms with Crippen LogP contribution in [0.3, 0.4) is 0 Å². The SMILES string of the molecule is O=C(NCc1ccc(C(F)(F)F)cc1)C1CCN(c2nccnc2Oc2ccccc2)CC1. The number of amides is 1. The van der Waals surface area contributed by atoms with Crippen LogP contribution in [0.5, 0.6) is 11.6 Å². The quantitative estimate of drug-likeness (QED) is 0.576. The van der Waals surface area contributed by atoms with Crippen LogP contribution in [-0.2, 0) is 17.5 Å². The van der Waals surface area contributed by atoms with Crippen molar-refractivity contribution in [3.63, 3.8) is 0 Å². The van der Waals surface area contributed by atoms with Crippen LogP contribution in [0.1, 0.15) is 24.0 Å². The predicted molar refractivity (Wildman–Crippen MR) is 117 cm³/mol. The molecule has 172 valence electrons. The van der Waals surface area contributed by atoms with Crippen molar-refractivity contribution < 1.29 is 22.7 Å². The summed E-state index contributed by atoms with van der Waals surface area (Å²) in [6, 6.07) is 14.1. The van der Waals surface area contributed by atoms with Gasteiger partial charge in [-0.25, -0.2) is 9.97 Å². The van der Waals surface area contributed by atoms with Crippen molar-refractivity contribution in [3.8, 4) is 11.6 Å². The zero-order valence-electron chi connectivity index (χ0n) is 17.8. The normalized spacial score (nSPS) is 14.7. The molecule has 0 radical (unpaired) electrons. The molecule has 2 aromatic carbocycles. The molecule has 6 nitrogen and oxygen atoms in total. The van der Waals surface area contributed by atoms with Crippen LogP contribution in [-0.4, -0.2) is 29.0 Å². The van der Waals surface area contributed by atoms with Crippen molar-refractivity contribution in [2.45, 2.75) is 25.6 Å². The van der Waals surface area contributed by atoms with E-state index in [1.165, 1.54) is 12.1 Å². The number of nitrogens with zero attached hydrogens (tertiary/aromatic N) is 3. The standard InChI is InChI=1S/C24H23F3N4O2/c25-24(26,27)19-8-6-17(7-9-19)16-30-22(32)18-10-14-31(15-11-18)21-23(29-13-12-28-21)33-20-4-2-1-3-5-20/h1-9,12-13,18H,10-11,14-16H2,(H,30,32). The Kier molecular flexibility index (Phi) is 6.76. The van der Waals surface area contributed by atoms with Crippen LogP contribution >= 0.6 is 0 Å². The number of piperidine rings is 1. The summed E-state index contributed by atoms with van der Waals surface area (Å²) in [5.74, 6) is 1.43. The molecule has 0 bridgehead atoms. The van der Waals surface area contributed by atoms with Crippen LogP contribution < -0.4 is 15.0 Å². The van der Waals surface area contributed by atoms with Gasteiger partial charge in [-0.2, -0.15) is 13.2 Å². The van der Waals surface area contributed by atoms with E-state index in [1.54, 1.807) is 12.4 Å². The lowest BCUT2D eigenvalue weighted by Gasteiger charge is -2.32. The molecule has 0 aliphatic carbocycles. The van der Waals surface area contributed by atoms with Gasteiger partial charge in [-0.1, -0.05) is 30.3 Å². The van der Waals surface area contributed by atoms with Gasteiger partial charge < -0.3 is 15.0 Å². The zero-order valence-corrected chi connectivity index (χ0v) is 17.8. The maximum atomic E-state index is 12.7. The molecule has 0 atom stereocenters. The second kappa shape index (κ2) is 9.89. The third-order valence-electron chi connectivity index (χ3n) is 5.52. The van der Waals surface area contributed by atoms with E-state index in [4.69, 9.17) is 4.74 Å². The molecule has 0 saturated carbocycles. The van der Waals surface area contributed by atoms with Gasteiger partial charge >= 0.3 is 6.18 Å². The zero-order chi connectivity index (χ0) is 23.3. The van der Waals surface area contributed by atoms with E-state index >= 15 is 0 Å². The largest absolute Gasteiger partial charge is 0.436 e. The van der Waals surface area contributed by atoms with Crippen LogP contribution in [0.15, 0.2) is 67.0 Å². The third-order valence-corrected chi connectivity index (χ3v) is 5.52. The van der Waals surface area contributed by atoms with Gasteiger partial charge in [-0.3, -0.25) is 4.79 Å². The van der Waals surface area contributed by atoms with E-state index in [-0.39, 0.29) is 18.4 Å². The van der Waals surface area contributed by atoms with Crippen molar-refractivity contribution in [1.82, 2.24) is 15.3 Å². The Bertz CT molecular complexity index is 1070. The number of benzene rings is 2. The minimum atomic E-state index is -4.37. The maximum absolute atomic E-state index is 12.7. The molecular weight excluding hydrogens is 433 g/mol. The molecule has 0 spiro atoms. The van der Waals surface area contributed by atoms with Gasteiger partial charge in [0, 0.05) is 37.9 Å². The highest BCUT2D eigenvalue weighted by molar-refractivity contribution is 5.79. The van der Waals surface area contributed by atoms with Crippen molar-refractivity contribution >= 4 is 11.7 Å². The molecule has 1 fully saturated rings. The summed E-state index contributed by atoms with van der Waals surface area (Å²) in [6.07, 6.45) is 0.0601. The van der Waals surface area contributed by atoms with Crippen molar-refractivity contribution in [3.05, 3.63) is 78.1 Å². The topological polar surface area (TPSA) is 67.4 Å². The first-order valence-corrected chi connectivity index (χ1v) is 10.6. The predicted octanol–water partition coefficient (Wildman–Crippen LogP) is 4.82. The summed E-state index contributed by atoms with van der Waals surface area (Å²) >= 11 is 0. The molecule has 1 aliphatic heterocycles. The molecule has 1 aliphatic rings. The number of aromatic nitrogens is 2. The van der Waals surface area contributed by atoms with E-state index in [0.29, 0.717) is 48.9 Å². The van der Waals surface area contributed by atoms with Gasteiger partial charge in [0.05, 0.1) is 5.56 Å². The molecule has 9 heteroatoms. The van der Waals surface area contributed by atoms with Crippen LogP contribution in [0, 0.1) is 5.92 Å². The summed E-state index contributed by atoms with van der Waals surface area (Å²) in [5.41, 5.74) is -0.0828. The molecule has 0 unspecified atom stereocenters. The van der Waals surface area contributed by atoms with Crippen LogP contribution in [0.25, 0.3) is 0 Å². The summed E-state index contributed by atoms with van der Waals surface area (Å²) in [4.78, 5) is 23.4. The molecule has 4 rings (SSSR count). The lowest BCUT2D eigenvalue weighted by atomic mass is 9.96. The first-order chi connectivity index (χ1) is 15.9. The van der Waals surface area contributed by atoms with E-state index < -0.39 is 11.7 Å². The lowest BCUT2D eigenvalue weighted by molar-refractivity contribution is -0.137. The highest BCUT2D eigenvalue weighted by atomic mass is 19.4. The van der Waals surface area contributed by atoms with Gasteiger partial charge in [0.1, 0.15) is 5.75 Å². The summed E-state index contributed by atoms with van der Waals surface area (Å²) < 4.78 is 43.9. The van der Waals surface area contributed by atoms with Gasteiger partial charge in [0.25, 0.3) is 5.88 Å². The third kappa shape index (κ3) is 5.79. The Morgan fingerprint density at radius 3 is 2.33 bits per heavy atom. The number of ether oxygens (including phenoxy) is 1. The fourth-order valence-corrected chi connectivity index (χ4v) is 3.71. The second-order valence-corrected chi connectivity index (χ2v) is 7.77. The number of para-hydroxylation sites is 1. The first-order valence-electron chi connectivity index (χ1n) is 10.6. The van der Waals surface area contributed by atoms with Crippen molar-refractivity contribution in [2.75, 3.05) is 18.0 Å². The Morgan fingerprint density at radius 2 is 1.67 bits per heavy atom. The van der Waals surface area contributed by atoms with Gasteiger partial charge in [0.2, 0.25) is 5.91 Å². The molecule has 1 saturated heterocycles. The molecule has 1 N–H and O–H groups in total. The highest BCUT2D eigenvalue weighted by Gasteiger charge is 2.30. The first kappa shape index (κ1) is 22.6. The fourth-order valence-electron chi connectivity index (χ4n) is 3.71. The summed E-state index contributed by atoms with van der Waals surface area (Å²) in [5, 5.41) is 2.83. The number of rotatable bonds is 6. The molecule has 1 aromatic heterocycles. The van der Waals surface area contributed by atoms with Gasteiger partial charge in [-0.05, 0) is 42.7 Å². The average Bonchev–Trinajstić information content (AvgIpc) is 2.83. The number of halogens is 3. The number of alkyl halides is 3. The van der Waals surface area contributed by atoms with E-state index in [1.807, 2.05) is 35.2 Å². The monoisotopic (exact) mass is 456 g/mol. The minimum absolute atomic E-state index is 0.102. The molecule has 1 amide bonds. The van der Waals surface area contributed by atoms with E-state index in [0.717, 1.165) is 12.1 Å². The Morgan fingerprint density at radius 1 is 1.00 bits per heavy atom. The highest BCUT2D eigenvalue weighted by Crippen LogP contribution is 2.31. The number of carbonyl (C=O) groups is 1. The smallest absolute Gasteiger partial charge is 0.416 e. The number of carbonyl (C=O) groups excluding carboxylic acids is 1. The Hall–Kier alpha value is -3.62. The molecule has 33 heavy (non-hydrogen) atoms. The second-order valence-electron chi connectivity index (χ2n) is 7.77. The van der Waals surface area contributed by atoms with E-state index in [2.05, 4.69) is 15.3 Å². The number of hydrogen-bond donors (Lipinski definition) is 1. The molecular formula is C24H23F3N4O2. The summed E-state index contributed by atoms with van der Waals surface area (Å²) in [6.45, 7) is 1.42. The van der Waals surface area contributed by atoms with E-state index in [9.17, 15) is 18.0 Å².